The van der Waals surface area contributed by atoms with Gasteiger partial charge < -0.3 is 0 Å². The number of halogens is 1. The molecule has 116 valence electrons. The number of benzene rings is 2. The number of Topliss-reactive ketones (excluding diaryl/α,β-unsaturated/α-hetero) is 1. The fourth-order valence-corrected chi connectivity index (χ4v) is 2.50. The molecular formula is C18H17FN3O+. The summed E-state index contributed by atoms with van der Waals surface area (Å²) in [5, 5.41) is 0. The fraction of sp³-hybridized carbons (Fsp3) is 0.111. The first kappa shape index (κ1) is 15.0. The van der Waals surface area contributed by atoms with Crippen molar-refractivity contribution in [1.82, 2.24) is 4.57 Å². The quantitative estimate of drug-likeness (QED) is 0.595. The van der Waals surface area contributed by atoms with Crippen LogP contribution in [0.25, 0.3) is 11.3 Å². The molecule has 0 aliphatic carbocycles. The summed E-state index contributed by atoms with van der Waals surface area (Å²) < 4.78 is 16.6. The van der Waals surface area contributed by atoms with Crippen LogP contribution in [0, 0.1) is 5.82 Å². The maximum absolute atomic E-state index is 13.1. The molecule has 0 spiro atoms. The molecule has 2 aromatic carbocycles. The molecule has 0 aliphatic heterocycles. The van der Waals surface area contributed by atoms with Crippen molar-refractivity contribution in [1.29, 1.82) is 0 Å². The van der Waals surface area contributed by atoms with E-state index in [1.165, 1.54) is 12.1 Å². The zero-order chi connectivity index (χ0) is 16.4. The van der Waals surface area contributed by atoms with Gasteiger partial charge in [0, 0.05) is 11.1 Å². The minimum atomic E-state index is -0.289. The van der Waals surface area contributed by atoms with E-state index in [1.807, 2.05) is 31.4 Å². The van der Waals surface area contributed by atoms with E-state index in [-0.39, 0.29) is 18.1 Å². The number of rotatable bonds is 4. The van der Waals surface area contributed by atoms with Crippen molar-refractivity contribution in [2.45, 2.75) is 6.54 Å². The molecule has 0 bridgehead atoms. The lowest BCUT2D eigenvalue weighted by Gasteiger charge is -2.00. The lowest BCUT2D eigenvalue weighted by atomic mass is 10.1. The highest BCUT2D eigenvalue weighted by Gasteiger charge is 2.20. The maximum atomic E-state index is 13.1. The normalized spacial score (nSPS) is 10.7. The number of nitrogens with zero attached hydrogens (tertiary/aromatic N) is 2. The smallest absolute Gasteiger partial charge is 0.291 e. The molecule has 1 aromatic heterocycles. The van der Waals surface area contributed by atoms with E-state index in [0.717, 1.165) is 11.3 Å². The largest absolute Gasteiger partial charge is 0.355 e. The molecular weight excluding hydrogens is 293 g/mol. The molecule has 0 saturated heterocycles. The van der Waals surface area contributed by atoms with Crippen molar-refractivity contribution >= 4 is 11.7 Å². The molecule has 0 atom stereocenters. The van der Waals surface area contributed by atoms with Crippen LogP contribution in [0.1, 0.15) is 10.4 Å². The van der Waals surface area contributed by atoms with Gasteiger partial charge in [-0.15, -0.1) is 0 Å². The summed E-state index contributed by atoms with van der Waals surface area (Å²) in [5.74, 6) is 0.162. The highest BCUT2D eigenvalue weighted by molar-refractivity contribution is 5.95. The summed E-state index contributed by atoms with van der Waals surface area (Å²) in [5.41, 5.74) is 8.40. The van der Waals surface area contributed by atoms with Gasteiger partial charge in [0.25, 0.3) is 0 Å². The zero-order valence-corrected chi connectivity index (χ0v) is 12.7. The topological polar surface area (TPSA) is 51.9 Å². The number of anilines is 1. The van der Waals surface area contributed by atoms with Gasteiger partial charge in [0.05, 0.1) is 7.05 Å². The summed E-state index contributed by atoms with van der Waals surface area (Å²) >= 11 is 0. The molecule has 0 fully saturated rings. The van der Waals surface area contributed by atoms with E-state index in [0.29, 0.717) is 11.5 Å². The fourth-order valence-electron chi connectivity index (χ4n) is 2.50. The van der Waals surface area contributed by atoms with E-state index in [9.17, 15) is 9.18 Å². The molecule has 0 radical (unpaired) electrons. The van der Waals surface area contributed by atoms with Crippen LogP contribution in [0.15, 0.2) is 60.8 Å². The molecule has 1 heterocycles. The second kappa shape index (κ2) is 6.04. The Morgan fingerprint density at radius 2 is 1.78 bits per heavy atom. The summed E-state index contributed by atoms with van der Waals surface area (Å²) in [6.07, 6.45) is 1.81. The average Bonchev–Trinajstić information content (AvgIpc) is 2.85. The third-order valence-corrected chi connectivity index (χ3v) is 3.83. The second-order valence-corrected chi connectivity index (χ2v) is 5.36. The number of nitrogens with two attached hydrogens (primary N) is 1. The van der Waals surface area contributed by atoms with Crippen LogP contribution in [0.4, 0.5) is 10.3 Å². The number of aromatic nitrogens is 2. The van der Waals surface area contributed by atoms with Gasteiger partial charge in [-0.3, -0.25) is 10.5 Å². The molecule has 3 aromatic rings. The van der Waals surface area contributed by atoms with E-state index in [1.54, 1.807) is 33.4 Å². The Balaban J connectivity index is 1.91. The van der Waals surface area contributed by atoms with Crippen LogP contribution in [0.3, 0.4) is 0 Å². The van der Waals surface area contributed by atoms with Crippen molar-refractivity contribution in [3.05, 3.63) is 72.2 Å². The Hall–Kier alpha value is -2.95. The van der Waals surface area contributed by atoms with Crippen LogP contribution < -0.4 is 10.3 Å². The Morgan fingerprint density at radius 3 is 2.43 bits per heavy atom. The predicted molar refractivity (Wildman–Crippen MR) is 86.2 cm³/mol. The van der Waals surface area contributed by atoms with Crippen LogP contribution in [-0.2, 0) is 13.6 Å². The van der Waals surface area contributed by atoms with Crippen LogP contribution in [0.5, 0.6) is 0 Å². The maximum Gasteiger partial charge on any atom is 0.355 e. The van der Waals surface area contributed by atoms with Crippen molar-refractivity contribution in [2.24, 2.45) is 7.05 Å². The van der Waals surface area contributed by atoms with E-state index in [2.05, 4.69) is 0 Å². The summed E-state index contributed by atoms with van der Waals surface area (Å²) in [4.78, 5) is 12.3. The molecule has 5 heteroatoms. The molecule has 2 N–H and O–H groups in total. The minimum Gasteiger partial charge on any atom is -0.291 e. The van der Waals surface area contributed by atoms with Gasteiger partial charge in [-0.1, -0.05) is 30.3 Å². The van der Waals surface area contributed by atoms with Crippen LogP contribution in [-0.4, -0.2) is 10.4 Å². The minimum absolute atomic E-state index is 0.0152. The number of hydrogen-bond donors (Lipinski definition) is 1. The van der Waals surface area contributed by atoms with E-state index < -0.39 is 0 Å². The lowest BCUT2D eigenvalue weighted by Crippen LogP contribution is -2.39. The SMILES string of the molecule is Cn1c(-c2ccc(F)cc2)c[n+](CC(=O)c2ccccc2)c1N. The van der Waals surface area contributed by atoms with Crippen molar-refractivity contribution in [3.8, 4) is 11.3 Å². The second-order valence-electron chi connectivity index (χ2n) is 5.36. The standard InChI is InChI=1S/C18H16FN3O/c1-21-16(13-7-9-15(19)10-8-13)11-22(18(21)20)12-17(23)14-5-3-2-4-6-14/h2-11,20H,12H2,1H3/p+1. The first-order valence-electron chi connectivity index (χ1n) is 7.25. The van der Waals surface area contributed by atoms with Crippen molar-refractivity contribution in [3.63, 3.8) is 0 Å². The Kier molecular flexibility index (Phi) is 3.93. The van der Waals surface area contributed by atoms with Gasteiger partial charge in [0.1, 0.15) is 24.3 Å². The third kappa shape index (κ3) is 2.99. The molecule has 0 amide bonds. The average molecular weight is 310 g/mol. The molecule has 0 saturated carbocycles. The Labute approximate surface area is 133 Å². The number of carbonyl (C=O) groups is 1. The summed E-state index contributed by atoms with van der Waals surface area (Å²) in [6, 6.07) is 15.3. The first-order valence-corrected chi connectivity index (χ1v) is 7.25. The van der Waals surface area contributed by atoms with Gasteiger partial charge in [-0.2, -0.15) is 0 Å². The lowest BCUT2D eigenvalue weighted by molar-refractivity contribution is -0.667. The monoisotopic (exact) mass is 310 g/mol. The van der Waals surface area contributed by atoms with Crippen LogP contribution >= 0.6 is 0 Å². The Bertz CT molecular complexity index is 839. The van der Waals surface area contributed by atoms with Gasteiger partial charge >= 0.3 is 5.95 Å². The summed E-state index contributed by atoms with van der Waals surface area (Å²) in [7, 11) is 1.82. The molecule has 4 nitrogen and oxygen atoms in total. The van der Waals surface area contributed by atoms with Gasteiger partial charge in [0.2, 0.25) is 0 Å². The van der Waals surface area contributed by atoms with E-state index >= 15 is 0 Å². The first-order chi connectivity index (χ1) is 11.1. The molecule has 23 heavy (non-hydrogen) atoms. The third-order valence-electron chi connectivity index (χ3n) is 3.83. The number of hydrogen-bond acceptors (Lipinski definition) is 2. The number of nitrogen functional groups attached to an aromatic ring is 1. The van der Waals surface area contributed by atoms with Crippen molar-refractivity contribution in [2.75, 3.05) is 5.73 Å². The predicted octanol–water partition coefficient (Wildman–Crippen LogP) is 2.58. The van der Waals surface area contributed by atoms with Gasteiger partial charge in [-0.25, -0.2) is 13.5 Å². The van der Waals surface area contributed by atoms with Crippen molar-refractivity contribution < 1.29 is 13.8 Å². The van der Waals surface area contributed by atoms with Gasteiger partial charge in [0.15, 0.2) is 5.78 Å². The van der Waals surface area contributed by atoms with Crippen LogP contribution in [0.2, 0.25) is 0 Å². The number of ketones is 1. The zero-order valence-electron chi connectivity index (χ0n) is 12.7. The number of carbonyl (C=O) groups excluding carboxylic acids is 1. The number of imidazole rings is 1. The molecule has 3 rings (SSSR count). The summed E-state index contributed by atoms with van der Waals surface area (Å²) in [6.45, 7) is 0.158. The Morgan fingerprint density at radius 1 is 1.13 bits per heavy atom. The highest BCUT2D eigenvalue weighted by Crippen LogP contribution is 2.20. The van der Waals surface area contributed by atoms with Gasteiger partial charge in [-0.05, 0) is 24.3 Å². The molecule has 0 unspecified atom stereocenters. The highest BCUT2D eigenvalue weighted by atomic mass is 19.1. The van der Waals surface area contributed by atoms with E-state index in [4.69, 9.17) is 5.73 Å². The molecule has 0 aliphatic rings.